The molecule has 0 radical (unpaired) electrons. The molecule has 1 atom stereocenters. The fraction of sp³-hybridized carbons (Fsp3) is 0.182. The smallest absolute Gasteiger partial charge is 0.417 e. The van der Waals surface area contributed by atoms with Crippen LogP contribution >= 0.6 is 0 Å². The lowest BCUT2D eigenvalue weighted by Crippen LogP contribution is -2.34. The van der Waals surface area contributed by atoms with Crippen molar-refractivity contribution in [1.82, 2.24) is 4.72 Å². The van der Waals surface area contributed by atoms with Crippen molar-refractivity contribution in [2.24, 2.45) is 0 Å². The number of nitriles is 1. The zero-order valence-electron chi connectivity index (χ0n) is 16.9. The number of fused-ring (bicyclic) bond motifs is 1. The van der Waals surface area contributed by atoms with E-state index >= 15 is 0 Å². The van der Waals surface area contributed by atoms with Gasteiger partial charge in [0.15, 0.2) is 0 Å². The molecule has 0 saturated carbocycles. The molecule has 1 unspecified atom stereocenters. The summed E-state index contributed by atoms with van der Waals surface area (Å²) in [5, 5.41) is 10.5. The van der Waals surface area contributed by atoms with E-state index < -0.39 is 44.0 Å². The number of benzene rings is 3. The lowest BCUT2D eigenvalue weighted by atomic mass is 9.97. The van der Waals surface area contributed by atoms with Crippen molar-refractivity contribution < 1.29 is 31.1 Å². The summed E-state index contributed by atoms with van der Waals surface area (Å²) in [6.45, 7) is 1.48. The van der Waals surface area contributed by atoms with Gasteiger partial charge in [0, 0.05) is 0 Å². The van der Waals surface area contributed by atoms with Gasteiger partial charge in [-0.15, -0.1) is 0 Å². The van der Waals surface area contributed by atoms with E-state index in [1.54, 1.807) is 36.4 Å². The van der Waals surface area contributed by atoms with Crippen LogP contribution in [0.25, 0.3) is 10.8 Å². The predicted octanol–water partition coefficient (Wildman–Crippen LogP) is 4.35. The minimum Gasteiger partial charge on any atom is -0.497 e. The third-order valence-corrected chi connectivity index (χ3v) is 6.27. The van der Waals surface area contributed by atoms with E-state index in [0.717, 1.165) is 22.9 Å². The normalized spacial score (nSPS) is 12.8. The third-order valence-electron chi connectivity index (χ3n) is 4.93. The molecule has 1 N–H and O–H groups in total. The maximum Gasteiger partial charge on any atom is 0.417 e. The summed E-state index contributed by atoms with van der Waals surface area (Å²) in [5.41, 5.74) is -1.59. The van der Waals surface area contributed by atoms with Crippen LogP contribution in [0.15, 0.2) is 59.5 Å². The summed E-state index contributed by atoms with van der Waals surface area (Å²) in [7, 11) is -3.06. The molecule has 0 spiro atoms. The summed E-state index contributed by atoms with van der Waals surface area (Å²) in [6, 6.07) is 13.8. The fourth-order valence-electron chi connectivity index (χ4n) is 3.09. The number of methoxy groups -OCH3 is 1. The Morgan fingerprint density at radius 1 is 1.06 bits per heavy atom. The van der Waals surface area contributed by atoms with Crippen LogP contribution in [0.2, 0.25) is 0 Å². The van der Waals surface area contributed by atoms with E-state index in [9.17, 15) is 26.4 Å². The Balaban J connectivity index is 1.87. The second-order valence-corrected chi connectivity index (χ2v) is 8.66. The highest BCUT2D eigenvalue weighted by Gasteiger charge is 2.35. The minimum absolute atomic E-state index is 0.336. The minimum atomic E-state index is -4.93. The van der Waals surface area contributed by atoms with Gasteiger partial charge in [0.2, 0.25) is 5.91 Å². The molecule has 10 heteroatoms. The van der Waals surface area contributed by atoms with Gasteiger partial charge >= 0.3 is 6.18 Å². The number of alkyl halides is 3. The van der Waals surface area contributed by atoms with Gasteiger partial charge in [-0.1, -0.05) is 24.3 Å². The third kappa shape index (κ3) is 4.68. The van der Waals surface area contributed by atoms with E-state index in [-0.39, 0.29) is 0 Å². The molecular formula is C22H17F3N2O4S. The Kier molecular flexibility index (Phi) is 6.14. The first-order chi connectivity index (χ1) is 15.0. The first kappa shape index (κ1) is 23.1. The largest absolute Gasteiger partial charge is 0.497 e. The van der Waals surface area contributed by atoms with Crippen LogP contribution in [0.1, 0.15) is 29.5 Å². The molecule has 0 aromatic heterocycles. The van der Waals surface area contributed by atoms with Crippen molar-refractivity contribution in [3.63, 3.8) is 0 Å². The van der Waals surface area contributed by atoms with Crippen molar-refractivity contribution in [3.05, 3.63) is 71.3 Å². The number of rotatable bonds is 5. The lowest BCUT2D eigenvalue weighted by molar-refractivity contribution is -0.137. The monoisotopic (exact) mass is 462 g/mol. The van der Waals surface area contributed by atoms with Crippen molar-refractivity contribution in [2.45, 2.75) is 23.9 Å². The number of ether oxygens (including phenoxy) is 1. The summed E-state index contributed by atoms with van der Waals surface area (Å²) >= 11 is 0. The van der Waals surface area contributed by atoms with Crippen molar-refractivity contribution in [3.8, 4) is 11.8 Å². The molecule has 1 amide bonds. The zero-order chi connectivity index (χ0) is 23.7. The van der Waals surface area contributed by atoms with Gasteiger partial charge < -0.3 is 4.74 Å². The van der Waals surface area contributed by atoms with Gasteiger partial charge in [-0.25, -0.2) is 13.1 Å². The fourth-order valence-corrected chi connectivity index (χ4v) is 4.17. The topological polar surface area (TPSA) is 96.3 Å². The van der Waals surface area contributed by atoms with Gasteiger partial charge in [0.1, 0.15) is 5.75 Å². The van der Waals surface area contributed by atoms with Crippen molar-refractivity contribution >= 4 is 26.7 Å². The van der Waals surface area contributed by atoms with Crippen LogP contribution < -0.4 is 9.46 Å². The number of carbonyl (C=O) groups is 1. The molecule has 0 heterocycles. The first-order valence-corrected chi connectivity index (χ1v) is 10.7. The van der Waals surface area contributed by atoms with Crippen LogP contribution in [0, 0.1) is 11.3 Å². The summed E-state index contributed by atoms with van der Waals surface area (Å²) in [6.07, 6.45) is -4.93. The van der Waals surface area contributed by atoms with E-state index in [1.165, 1.54) is 20.1 Å². The SMILES string of the molecule is COc1ccc2cc(C(C)C(=O)NS(=O)(=O)c3ccc(C#N)c(C(F)(F)F)c3)ccc2c1. The van der Waals surface area contributed by atoms with Crippen molar-refractivity contribution in [1.29, 1.82) is 5.26 Å². The van der Waals surface area contributed by atoms with Crippen LogP contribution in [0.3, 0.4) is 0 Å². The maximum absolute atomic E-state index is 13.1. The average Bonchev–Trinajstić information content (AvgIpc) is 2.76. The number of halogens is 3. The molecule has 3 aromatic rings. The van der Waals surface area contributed by atoms with Crippen molar-refractivity contribution in [2.75, 3.05) is 7.11 Å². The maximum atomic E-state index is 13.1. The number of amides is 1. The van der Waals surface area contributed by atoms with Gasteiger partial charge in [-0.2, -0.15) is 18.4 Å². The molecular weight excluding hydrogens is 445 g/mol. The van der Waals surface area contributed by atoms with Crippen LogP contribution in [0.4, 0.5) is 13.2 Å². The molecule has 0 aliphatic carbocycles. The first-order valence-electron chi connectivity index (χ1n) is 9.22. The molecule has 0 saturated heterocycles. The summed E-state index contributed by atoms with van der Waals surface area (Å²) in [5.74, 6) is -1.16. The molecule has 0 aliphatic heterocycles. The molecule has 3 aromatic carbocycles. The number of hydrogen-bond acceptors (Lipinski definition) is 5. The van der Waals surface area contributed by atoms with E-state index in [0.29, 0.717) is 17.4 Å². The van der Waals surface area contributed by atoms with E-state index in [2.05, 4.69) is 0 Å². The van der Waals surface area contributed by atoms with Gasteiger partial charge in [-0.05, 0) is 53.6 Å². The highest BCUT2D eigenvalue weighted by molar-refractivity contribution is 7.90. The standard InChI is InChI=1S/C22H17F3N2O4S/c1-13(14-3-4-16-10-18(31-2)7-5-15(16)9-14)21(28)27-32(29,30)19-8-6-17(12-26)20(11-19)22(23,24)25/h3-11,13H,1-2H3,(H,27,28). The predicted molar refractivity (Wildman–Crippen MR) is 110 cm³/mol. The van der Waals surface area contributed by atoms with E-state index in [4.69, 9.17) is 10.00 Å². The number of hydrogen-bond donors (Lipinski definition) is 1. The molecule has 0 aliphatic rings. The number of nitrogens with one attached hydrogen (secondary N) is 1. The second kappa shape index (κ2) is 8.51. The van der Waals surface area contributed by atoms with E-state index in [1.807, 2.05) is 4.72 Å². The van der Waals surface area contributed by atoms with Crippen LogP contribution in [-0.4, -0.2) is 21.4 Å². The summed E-state index contributed by atoms with van der Waals surface area (Å²) < 4.78 is 71.5. The van der Waals surface area contributed by atoms with Gasteiger partial charge in [0.05, 0.1) is 35.1 Å². The highest BCUT2D eigenvalue weighted by atomic mass is 32.2. The molecule has 6 nitrogen and oxygen atoms in total. The quantitative estimate of drug-likeness (QED) is 0.608. The Bertz CT molecular complexity index is 1350. The Hall–Kier alpha value is -3.58. The van der Waals surface area contributed by atoms with Crippen LogP contribution in [0.5, 0.6) is 5.75 Å². The Morgan fingerprint density at radius 2 is 1.72 bits per heavy atom. The van der Waals surface area contributed by atoms with Gasteiger partial charge in [-0.3, -0.25) is 4.79 Å². The molecule has 3 rings (SSSR count). The molecule has 166 valence electrons. The number of carbonyl (C=O) groups excluding carboxylic acids is 1. The highest BCUT2D eigenvalue weighted by Crippen LogP contribution is 2.33. The summed E-state index contributed by atoms with van der Waals surface area (Å²) in [4.78, 5) is 11.8. The Morgan fingerprint density at radius 3 is 2.34 bits per heavy atom. The van der Waals surface area contributed by atoms with Crippen LogP contribution in [-0.2, 0) is 21.0 Å². The molecule has 0 bridgehead atoms. The Labute approximate surface area is 182 Å². The number of nitrogens with zero attached hydrogens (tertiary/aromatic N) is 1. The second-order valence-electron chi connectivity index (χ2n) is 6.98. The molecule has 32 heavy (non-hydrogen) atoms. The lowest BCUT2D eigenvalue weighted by Gasteiger charge is -2.15. The average molecular weight is 462 g/mol. The zero-order valence-corrected chi connectivity index (χ0v) is 17.7. The van der Waals surface area contributed by atoms with Gasteiger partial charge in [0.25, 0.3) is 10.0 Å². The number of sulfonamides is 1. The molecule has 0 fully saturated rings.